The lowest BCUT2D eigenvalue weighted by Crippen LogP contribution is -2.43. The number of ether oxygens (including phenoxy) is 1. The molecule has 4 nitrogen and oxygen atoms in total. The number of hydrogen-bond donors (Lipinski definition) is 0. The molecule has 0 spiro atoms. The molecule has 0 N–H and O–H groups in total. The van der Waals surface area contributed by atoms with Crippen molar-refractivity contribution in [3.63, 3.8) is 0 Å². The summed E-state index contributed by atoms with van der Waals surface area (Å²) >= 11 is 5.76. The van der Waals surface area contributed by atoms with Crippen molar-refractivity contribution >= 4 is 21.4 Å². The highest BCUT2D eigenvalue weighted by molar-refractivity contribution is 7.91. The van der Waals surface area contributed by atoms with Gasteiger partial charge in [-0.05, 0) is 31.2 Å². The lowest BCUT2D eigenvalue weighted by molar-refractivity contribution is -0.0160. The number of hydrogen-bond acceptors (Lipinski definition) is 4. The highest BCUT2D eigenvalue weighted by atomic mass is 35.5. The number of morpholine rings is 1. The minimum atomic E-state index is -3.24. The molecule has 0 unspecified atom stereocenters. The van der Waals surface area contributed by atoms with Gasteiger partial charge < -0.3 is 4.74 Å². The van der Waals surface area contributed by atoms with Gasteiger partial charge in [0.1, 0.15) is 0 Å². The first kappa shape index (κ1) is 14.8. The minimum Gasteiger partial charge on any atom is -0.376 e. The van der Waals surface area contributed by atoms with Crippen molar-refractivity contribution in [3.8, 4) is 0 Å². The summed E-state index contributed by atoms with van der Waals surface area (Å²) in [5, 5.41) is 0.543. The lowest BCUT2D eigenvalue weighted by Gasteiger charge is -2.30. The van der Waals surface area contributed by atoms with Crippen molar-refractivity contribution in [2.75, 3.05) is 32.0 Å². The van der Waals surface area contributed by atoms with Crippen LogP contribution in [0.5, 0.6) is 0 Å². The molecule has 6 heteroatoms. The van der Waals surface area contributed by atoms with E-state index in [-0.39, 0.29) is 11.9 Å². The molecule has 1 aliphatic heterocycles. The number of benzene rings is 1. The van der Waals surface area contributed by atoms with Gasteiger partial charge in [-0.15, -0.1) is 0 Å². The lowest BCUT2D eigenvalue weighted by atomic mass is 10.3. The van der Waals surface area contributed by atoms with Crippen LogP contribution in [0.4, 0.5) is 0 Å². The number of rotatable bonds is 4. The van der Waals surface area contributed by atoms with Gasteiger partial charge in [-0.3, -0.25) is 4.90 Å². The largest absolute Gasteiger partial charge is 0.376 e. The van der Waals surface area contributed by atoms with E-state index < -0.39 is 9.84 Å². The van der Waals surface area contributed by atoms with Gasteiger partial charge in [0, 0.05) is 24.7 Å². The fraction of sp³-hybridized carbons (Fsp3) is 0.538. The van der Waals surface area contributed by atoms with Crippen LogP contribution >= 0.6 is 11.6 Å². The summed E-state index contributed by atoms with van der Waals surface area (Å²) in [5.74, 6) is 0.126. The Balaban J connectivity index is 1.96. The van der Waals surface area contributed by atoms with E-state index in [0.29, 0.717) is 23.1 Å². The highest BCUT2D eigenvalue weighted by Gasteiger charge is 2.20. The first-order valence-electron chi connectivity index (χ1n) is 6.30. The molecule has 1 fully saturated rings. The standard InChI is InChI=1S/C13H18ClNO3S/c1-11-10-15(6-8-18-11)7-9-19(16,17)13-4-2-12(14)3-5-13/h2-5,11H,6-10H2,1H3/t11-/m0/s1. The van der Waals surface area contributed by atoms with Crippen LogP contribution in [0.15, 0.2) is 29.2 Å². The molecule has 2 rings (SSSR count). The molecule has 0 radical (unpaired) electrons. The fourth-order valence-electron chi connectivity index (χ4n) is 2.10. The zero-order chi connectivity index (χ0) is 13.9. The van der Waals surface area contributed by atoms with Crippen LogP contribution < -0.4 is 0 Å². The predicted molar refractivity (Wildman–Crippen MR) is 75.4 cm³/mol. The van der Waals surface area contributed by atoms with E-state index in [9.17, 15) is 8.42 Å². The van der Waals surface area contributed by atoms with Gasteiger partial charge in [-0.2, -0.15) is 0 Å². The molecule has 1 aliphatic rings. The summed E-state index contributed by atoms with van der Waals surface area (Å²) in [6.45, 7) is 4.79. The maximum Gasteiger partial charge on any atom is 0.179 e. The maximum absolute atomic E-state index is 12.2. The Labute approximate surface area is 119 Å². The smallest absolute Gasteiger partial charge is 0.179 e. The van der Waals surface area contributed by atoms with E-state index >= 15 is 0 Å². The Hall–Kier alpha value is -0.620. The topological polar surface area (TPSA) is 46.6 Å². The van der Waals surface area contributed by atoms with Gasteiger partial charge in [-0.1, -0.05) is 11.6 Å². The average Bonchev–Trinajstić information content (AvgIpc) is 2.37. The molecule has 1 atom stereocenters. The minimum absolute atomic E-state index is 0.126. The molecule has 0 aromatic heterocycles. The Morgan fingerprint density at radius 2 is 2.05 bits per heavy atom. The fourth-order valence-corrected chi connectivity index (χ4v) is 3.51. The van der Waals surface area contributed by atoms with E-state index in [1.807, 2.05) is 6.92 Å². The first-order valence-corrected chi connectivity index (χ1v) is 8.33. The summed E-state index contributed by atoms with van der Waals surface area (Å²) in [4.78, 5) is 2.46. The molecular formula is C13H18ClNO3S. The average molecular weight is 304 g/mol. The van der Waals surface area contributed by atoms with Gasteiger partial charge in [0.05, 0.1) is 23.4 Å². The van der Waals surface area contributed by atoms with Crippen LogP contribution in [0.3, 0.4) is 0 Å². The molecule has 0 aliphatic carbocycles. The third kappa shape index (κ3) is 4.18. The van der Waals surface area contributed by atoms with Crippen molar-refractivity contribution in [1.82, 2.24) is 4.90 Å². The van der Waals surface area contributed by atoms with Gasteiger partial charge in [0.2, 0.25) is 0 Å². The third-order valence-electron chi connectivity index (χ3n) is 3.17. The zero-order valence-corrected chi connectivity index (χ0v) is 12.5. The van der Waals surface area contributed by atoms with Crippen LogP contribution in [0.1, 0.15) is 6.92 Å². The van der Waals surface area contributed by atoms with E-state index in [4.69, 9.17) is 16.3 Å². The maximum atomic E-state index is 12.2. The van der Waals surface area contributed by atoms with Crippen LogP contribution in [-0.4, -0.2) is 51.4 Å². The van der Waals surface area contributed by atoms with Crippen molar-refractivity contribution < 1.29 is 13.2 Å². The van der Waals surface area contributed by atoms with Gasteiger partial charge in [-0.25, -0.2) is 8.42 Å². The zero-order valence-electron chi connectivity index (χ0n) is 10.9. The first-order chi connectivity index (χ1) is 8.97. The Morgan fingerprint density at radius 3 is 2.68 bits per heavy atom. The molecule has 1 heterocycles. The van der Waals surface area contributed by atoms with Crippen molar-refractivity contribution in [1.29, 1.82) is 0 Å². The molecule has 106 valence electrons. The van der Waals surface area contributed by atoms with Crippen LogP contribution in [0.25, 0.3) is 0 Å². The van der Waals surface area contributed by atoms with Gasteiger partial charge in [0.15, 0.2) is 9.84 Å². The molecule has 1 aromatic carbocycles. The summed E-state index contributed by atoms with van der Waals surface area (Å²) < 4.78 is 29.8. The molecule has 19 heavy (non-hydrogen) atoms. The van der Waals surface area contributed by atoms with Crippen LogP contribution in [-0.2, 0) is 14.6 Å². The normalized spacial score (nSPS) is 21.5. The van der Waals surface area contributed by atoms with Gasteiger partial charge in [0.25, 0.3) is 0 Å². The summed E-state index contributed by atoms with van der Waals surface area (Å²) in [6.07, 6.45) is 0.173. The summed E-state index contributed by atoms with van der Waals surface area (Å²) in [6, 6.07) is 6.32. The molecule has 0 bridgehead atoms. The monoisotopic (exact) mass is 303 g/mol. The molecule has 0 amide bonds. The number of halogens is 1. The summed E-state index contributed by atoms with van der Waals surface area (Å²) in [7, 11) is -3.24. The quantitative estimate of drug-likeness (QED) is 0.851. The van der Waals surface area contributed by atoms with Crippen LogP contribution in [0, 0.1) is 0 Å². The Morgan fingerprint density at radius 1 is 1.37 bits per heavy atom. The summed E-state index contributed by atoms with van der Waals surface area (Å²) in [5.41, 5.74) is 0. The Kier molecular flexibility index (Phi) is 4.84. The predicted octanol–water partition coefficient (Wildman–Crippen LogP) is 1.83. The van der Waals surface area contributed by atoms with Crippen molar-refractivity contribution in [3.05, 3.63) is 29.3 Å². The number of sulfone groups is 1. The van der Waals surface area contributed by atoms with Crippen LogP contribution in [0.2, 0.25) is 5.02 Å². The van der Waals surface area contributed by atoms with Crippen molar-refractivity contribution in [2.24, 2.45) is 0 Å². The SMILES string of the molecule is C[C@H]1CN(CCS(=O)(=O)c2ccc(Cl)cc2)CCO1. The van der Waals surface area contributed by atoms with Crippen molar-refractivity contribution in [2.45, 2.75) is 17.9 Å². The van der Waals surface area contributed by atoms with E-state index in [1.54, 1.807) is 24.3 Å². The second-order valence-corrected chi connectivity index (χ2v) is 7.30. The molecule has 0 saturated carbocycles. The van der Waals surface area contributed by atoms with Gasteiger partial charge >= 0.3 is 0 Å². The second-order valence-electron chi connectivity index (χ2n) is 4.75. The second kappa shape index (κ2) is 6.22. The highest BCUT2D eigenvalue weighted by Crippen LogP contribution is 2.16. The molecular weight excluding hydrogens is 286 g/mol. The molecule has 1 aromatic rings. The van der Waals surface area contributed by atoms with E-state index in [0.717, 1.165) is 13.1 Å². The van der Waals surface area contributed by atoms with E-state index in [1.165, 1.54) is 0 Å². The third-order valence-corrected chi connectivity index (χ3v) is 5.14. The number of nitrogens with zero attached hydrogens (tertiary/aromatic N) is 1. The molecule has 1 saturated heterocycles. The van der Waals surface area contributed by atoms with E-state index in [2.05, 4.69) is 4.90 Å². The Bertz CT molecular complexity index is 515.